The third-order valence-corrected chi connectivity index (χ3v) is 5.26. The van der Waals surface area contributed by atoms with Crippen molar-refractivity contribution >= 4 is 23.3 Å². The third kappa shape index (κ3) is 6.22. The van der Waals surface area contributed by atoms with Gasteiger partial charge in [0.2, 0.25) is 5.91 Å². The lowest BCUT2D eigenvalue weighted by atomic mass is 10.2. The number of anilines is 2. The molecule has 2 aromatic rings. The van der Waals surface area contributed by atoms with Crippen LogP contribution < -0.4 is 15.5 Å². The van der Waals surface area contributed by atoms with E-state index in [1.54, 1.807) is 11.9 Å². The van der Waals surface area contributed by atoms with Gasteiger partial charge in [-0.15, -0.1) is 0 Å². The first-order valence-corrected chi connectivity index (χ1v) is 10.4. The second kappa shape index (κ2) is 10.6. The largest absolute Gasteiger partial charge is 0.367 e. The minimum absolute atomic E-state index is 0.109. The molecule has 0 spiro atoms. The molecule has 1 saturated heterocycles. The van der Waals surface area contributed by atoms with Crippen LogP contribution in [0.15, 0.2) is 54.6 Å². The number of rotatable bonds is 7. The highest BCUT2D eigenvalue weighted by molar-refractivity contribution is 5.94. The van der Waals surface area contributed by atoms with E-state index in [1.807, 2.05) is 54.6 Å². The van der Waals surface area contributed by atoms with Crippen molar-refractivity contribution in [2.45, 2.75) is 13.0 Å². The van der Waals surface area contributed by atoms with Gasteiger partial charge in [-0.25, -0.2) is 4.79 Å². The summed E-state index contributed by atoms with van der Waals surface area (Å²) in [5.74, 6) is -0.109. The normalized spacial score (nSPS) is 14.3. The molecule has 2 aromatic carbocycles. The van der Waals surface area contributed by atoms with Crippen molar-refractivity contribution in [3.63, 3.8) is 0 Å². The van der Waals surface area contributed by atoms with E-state index in [1.165, 1.54) is 0 Å². The summed E-state index contributed by atoms with van der Waals surface area (Å²) in [5.41, 5.74) is 2.93. The fraction of sp³-hybridized carbons (Fsp3) is 0.391. The molecule has 0 saturated carbocycles. The van der Waals surface area contributed by atoms with Crippen LogP contribution in [0.1, 0.15) is 12.0 Å². The number of nitrogens with one attached hydrogen (secondary N) is 2. The molecule has 30 heavy (non-hydrogen) atoms. The van der Waals surface area contributed by atoms with Gasteiger partial charge in [-0.3, -0.25) is 4.79 Å². The Balaban J connectivity index is 1.45. The van der Waals surface area contributed by atoms with Gasteiger partial charge in [0, 0.05) is 52.7 Å². The summed E-state index contributed by atoms with van der Waals surface area (Å²) in [6.45, 7) is 4.70. The fourth-order valence-electron chi connectivity index (χ4n) is 3.46. The van der Waals surface area contributed by atoms with Crippen molar-refractivity contribution in [2.75, 3.05) is 57.0 Å². The Morgan fingerprint density at radius 2 is 1.63 bits per heavy atom. The van der Waals surface area contributed by atoms with E-state index in [2.05, 4.69) is 27.5 Å². The second-order valence-corrected chi connectivity index (χ2v) is 7.68. The molecule has 3 amide bonds. The number of likely N-dealkylation sites (N-methyl/N-ethyl adjacent to an activating group) is 1. The number of hydrogen-bond acceptors (Lipinski definition) is 4. The Labute approximate surface area is 178 Å². The number of carbonyl (C=O) groups excluding carboxylic acids is 2. The van der Waals surface area contributed by atoms with Crippen molar-refractivity contribution in [3.05, 3.63) is 60.2 Å². The van der Waals surface area contributed by atoms with Gasteiger partial charge in [0.25, 0.3) is 0 Å². The number of benzene rings is 2. The van der Waals surface area contributed by atoms with E-state index in [0.717, 1.165) is 43.1 Å². The molecule has 7 heteroatoms. The SMILES string of the molecule is CN1CCN(c2ccccc2NC(=O)CCNC(=O)N(C)Cc2ccccc2)CC1. The lowest BCUT2D eigenvalue weighted by Gasteiger charge is -2.35. The van der Waals surface area contributed by atoms with E-state index in [4.69, 9.17) is 0 Å². The predicted molar refractivity (Wildman–Crippen MR) is 121 cm³/mol. The molecular weight excluding hydrogens is 378 g/mol. The van der Waals surface area contributed by atoms with Crippen LogP contribution in [0.2, 0.25) is 0 Å². The molecule has 0 aliphatic carbocycles. The summed E-state index contributed by atoms with van der Waals surface area (Å²) in [7, 11) is 3.87. The number of carbonyl (C=O) groups is 2. The molecule has 1 heterocycles. The van der Waals surface area contributed by atoms with Crippen LogP contribution in [-0.2, 0) is 11.3 Å². The first-order valence-electron chi connectivity index (χ1n) is 10.4. The molecule has 0 radical (unpaired) electrons. The zero-order valence-corrected chi connectivity index (χ0v) is 17.8. The summed E-state index contributed by atoms with van der Waals surface area (Å²) in [4.78, 5) is 30.9. The fourth-order valence-corrected chi connectivity index (χ4v) is 3.46. The molecule has 0 atom stereocenters. The molecular formula is C23H31N5O2. The predicted octanol–water partition coefficient (Wildman–Crippen LogP) is 2.61. The van der Waals surface area contributed by atoms with Crippen LogP contribution >= 0.6 is 0 Å². The molecule has 7 nitrogen and oxygen atoms in total. The van der Waals surface area contributed by atoms with Crippen molar-refractivity contribution in [1.82, 2.24) is 15.1 Å². The van der Waals surface area contributed by atoms with Crippen LogP contribution in [-0.4, -0.2) is 68.6 Å². The molecule has 1 aliphatic heterocycles. The highest BCUT2D eigenvalue weighted by Crippen LogP contribution is 2.26. The third-order valence-electron chi connectivity index (χ3n) is 5.26. The first-order chi connectivity index (χ1) is 14.5. The zero-order chi connectivity index (χ0) is 21.3. The van der Waals surface area contributed by atoms with E-state index >= 15 is 0 Å². The maximum Gasteiger partial charge on any atom is 0.317 e. The molecule has 1 aliphatic rings. The van der Waals surface area contributed by atoms with Gasteiger partial charge in [-0.05, 0) is 24.7 Å². The van der Waals surface area contributed by atoms with Gasteiger partial charge in [0.05, 0.1) is 11.4 Å². The Morgan fingerprint density at radius 3 is 2.37 bits per heavy atom. The summed E-state index contributed by atoms with van der Waals surface area (Å²) < 4.78 is 0. The monoisotopic (exact) mass is 409 g/mol. The summed E-state index contributed by atoms with van der Waals surface area (Å²) in [6, 6.07) is 17.5. The van der Waals surface area contributed by atoms with E-state index in [-0.39, 0.29) is 18.4 Å². The number of hydrogen-bond donors (Lipinski definition) is 2. The maximum absolute atomic E-state index is 12.4. The van der Waals surface area contributed by atoms with Crippen LogP contribution in [0.5, 0.6) is 0 Å². The smallest absolute Gasteiger partial charge is 0.317 e. The lowest BCUT2D eigenvalue weighted by Crippen LogP contribution is -2.44. The Bertz CT molecular complexity index is 834. The topological polar surface area (TPSA) is 67.9 Å². The number of para-hydroxylation sites is 2. The van der Waals surface area contributed by atoms with Gasteiger partial charge in [0.1, 0.15) is 0 Å². The Kier molecular flexibility index (Phi) is 7.68. The van der Waals surface area contributed by atoms with Crippen molar-refractivity contribution in [3.8, 4) is 0 Å². The summed E-state index contributed by atoms with van der Waals surface area (Å²) in [6.07, 6.45) is 0.224. The van der Waals surface area contributed by atoms with Crippen LogP contribution in [0.4, 0.5) is 16.2 Å². The quantitative estimate of drug-likeness (QED) is 0.738. The van der Waals surface area contributed by atoms with Gasteiger partial charge >= 0.3 is 6.03 Å². The van der Waals surface area contributed by atoms with Gasteiger partial charge < -0.3 is 25.3 Å². The summed E-state index contributed by atoms with van der Waals surface area (Å²) in [5, 5.41) is 5.82. The lowest BCUT2D eigenvalue weighted by molar-refractivity contribution is -0.116. The van der Waals surface area contributed by atoms with E-state index in [9.17, 15) is 9.59 Å². The van der Waals surface area contributed by atoms with Gasteiger partial charge in [-0.2, -0.15) is 0 Å². The number of urea groups is 1. The molecule has 1 fully saturated rings. The van der Waals surface area contributed by atoms with E-state index in [0.29, 0.717) is 13.1 Å². The minimum atomic E-state index is -0.190. The molecule has 0 unspecified atom stereocenters. The standard InChI is InChI=1S/C23H31N5O2/c1-26-14-16-28(17-15-26)21-11-7-6-10-20(21)25-22(29)12-13-24-23(30)27(2)18-19-8-4-3-5-9-19/h3-11H,12-18H2,1-2H3,(H,24,30)(H,25,29). The highest BCUT2D eigenvalue weighted by Gasteiger charge is 2.17. The highest BCUT2D eigenvalue weighted by atomic mass is 16.2. The summed E-state index contributed by atoms with van der Waals surface area (Å²) >= 11 is 0. The number of piperazine rings is 1. The second-order valence-electron chi connectivity index (χ2n) is 7.68. The van der Waals surface area contributed by atoms with Crippen LogP contribution in [0.25, 0.3) is 0 Å². The molecule has 160 valence electrons. The van der Waals surface area contributed by atoms with Gasteiger partial charge in [0.15, 0.2) is 0 Å². The van der Waals surface area contributed by atoms with Gasteiger partial charge in [-0.1, -0.05) is 42.5 Å². The van der Waals surface area contributed by atoms with Crippen molar-refractivity contribution in [2.24, 2.45) is 0 Å². The van der Waals surface area contributed by atoms with Crippen LogP contribution in [0, 0.1) is 0 Å². The van der Waals surface area contributed by atoms with Crippen LogP contribution in [0.3, 0.4) is 0 Å². The molecule has 0 aromatic heterocycles. The number of amides is 3. The minimum Gasteiger partial charge on any atom is -0.367 e. The van der Waals surface area contributed by atoms with Crippen molar-refractivity contribution < 1.29 is 9.59 Å². The average Bonchev–Trinajstić information content (AvgIpc) is 2.75. The zero-order valence-electron chi connectivity index (χ0n) is 17.8. The molecule has 2 N–H and O–H groups in total. The Morgan fingerprint density at radius 1 is 0.967 bits per heavy atom. The van der Waals surface area contributed by atoms with E-state index < -0.39 is 0 Å². The molecule has 3 rings (SSSR count). The molecule has 0 bridgehead atoms. The Hall–Kier alpha value is -3.06. The first kappa shape index (κ1) is 21.6. The maximum atomic E-state index is 12.4. The van der Waals surface area contributed by atoms with Crippen molar-refractivity contribution in [1.29, 1.82) is 0 Å². The number of nitrogens with zero attached hydrogens (tertiary/aromatic N) is 3. The average molecular weight is 410 g/mol.